The fourth-order valence-corrected chi connectivity index (χ4v) is 0.0779. The lowest BCUT2D eigenvalue weighted by molar-refractivity contribution is 0.234. The molecule has 0 aliphatic carbocycles. The van der Waals surface area contributed by atoms with Gasteiger partial charge in [-0.2, -0.15) is 0 Å². The van der Waals surface area contributed by atoms with Gasteiger partial charge in [-0.3, -0.25) is 4.79 Å². The van der Waals surface area contributed by atoms with Gasteiger partial charge in [0.15, 0.2) is 5.81 Å². The lowest BCUT2D eigenvalue weighted by Crippen LogP contribution is -2.21. The summed E-state index contributed by atoms with van der Waals surface area (Å²) in [5.74, 6) is -0.711. The minimum absolute atomic E-state index is 0.394. The normalized spacial score (nSPS) is 7.50. The number of carbonyl (C=O) groups excluding carboxylic acids is 1. The third-order valence-corrected chi connectivity index (χ3v) is 0.253. The molecular weight excluding hydrogens is 80.8 g/mol. The summed E-state index contributed by atoms with van der Waals surface area (Å²) in [6, 6.07) is 0. The molecule has 0 atom stereocenters. The molecule has 32 valence electrons. The molecule has 4 heteroatoms. The summed E-state index contributed by atoms with van der Waals surface area (Å²) in [5.41, 5.74) is 0. The first-order chi connectivity index (χ1) is 2.77. The Morgan fingerprint density at radius 3 is 2.50 bits per heavy atom. The Hall–Kier alpha value is -0.505. The Bertz CT molecular complexity index is 55.5. The van der Waals surface area contributed by atoms with Crippen LogP contribution in [0.1, 0.15) is 0 Å². The highest BCUT2D eigenvalue weighted by Crippen LogP contribution is 1.50. The van der Waals surface area contributed by atoms with Gasteiger partial charge in [-0.1, -0.05) is 0 Å². The Balaban J connectivity index is 2.83. The third-order valence-electron chi connectivity index (χ3n) is 0.253. The molecule has 2 N–H and O–H groups in total. The smallest absolute Gasteiger partial charge is 0.200 e. The fourth-order valence-electron chi connectivity index (χ4n) is 0.0779. The van der Waals surface area contributed by atoms with Crippen molar-refractivity contribution in [3.8, 4) is 0 Å². The van der Waals surface area contributed by atoms with E-state index in [2.05, 4.69) is 7.85 Å². The summed E-state index contributed by atoms with van der Waals surface area (Å²) in [6.07, 6.45) is 0. The Labute approximate surface area is 36.8 Å². The van der Waals surface area contributed by atoms with Gasteiger partial charge in [0.25, 0.3) is 0 Å². The van der Waals surface area contributed by atoms with Crippen LogP contribution in [0.4, 0.5) is 4.79 Å². The third kappa shape index (κ3) is 3.49. The average molecular weight is 84.9 g/mol. The molecule has 0 fully saturated rings. The van der Waals surface area contributed by atoms with E-state index in [9.17, 15) is 4.79 Å². The van der Waals surface area contributed by atoms with Gasteiger partial charge in [0.2, 0.25) is 7.85 Å². The van der Waals surface area contributed by atoms with Crippen molar-refractivity contribution in [3.05, 3.63) is 0 Å². The van der Waals surface area contributed by atoms with Crippen molar-refractivity contribution in [2.45, 2.75) is 0 Å². The van der Waals surface area contributed by atoms with Crippen LogP contribution < -0.4 is 5.32 Å². The fraction of sp³-hybridized carbons (Fsp3) is 0.500. The second-order valence-electron chi connectivity index (χ2n) is 0.699. The van der Waals surface area contributed by atoms with Crippen molar-refractivity contribution in [2.75, 3.05) is 6.73 Å². The summed E-state index contributed by atoms with van der Waals surface area (Å²) in [4.78, 5) is 9.55. The van der Waals surface area contributed by atoms with Crippen LogP contribution in [-0.4, -0.2) is 25.5 Å². The van der Waals surface area contributed by atoms with E-state index in [1.165, 1.54) is 0 Å². The first-order valence-electron chi connectivity index (χ1n) is 1.41. The number of nitrogens with one attached hydrogen (secondary N) is 1. The molecular formula is C2H4BNO2. The molecule has 0 aromatic heterocycles. The summed E-state index contributed by atoms with van der Waals surface area (Å²) >= 11 is 0. The number of aliphatic hydroxyl groups is 1. The standard InChI is InChI=1S/C2H4BNO2/c3-2(6)4-1-5/h5H,1H2,(H,4,6). The number of hydrogen-bond donors (Lipinski definition) is 2. The van der Waals surface area contributed by atoms with Gasteiger partial charge < -0.3 is 10.4 Å². The van der Waals surface area contributed by atoms with Crippen molar-refractivity contribution in [2.24, 2.45) is 0 Å². The van der Waals surface area contributed by atoms with Crippen LogP contribution in [-0.2, 0) is 0 Å². The monoisotopic (exact) mass is 85.0 g/mol. The molecule has 0 heterocycles. The molecule has 0 aliphatic rings. The highest BCUT2D eigenvalue weighted by Gasteiger charge is 1.79. The van der Waals surface area contributed by atoms with Crippen LogP contribution in [0.15, 0.2) is 0 Å². The molecule has 0 bridgehead atoms. The second-order valence-corrected chi connectivity index (χ2v) is 0.699. The molecule has 0 saturated carbocycles. The van der Waals surface area contributed by atoms with Crippen molar-refractivity contribution in [1.82, 2.24) is 5.32 Å². The van der Waals surface area contributed by atoms with E-state index >= 15 is 0 Å². The zero-order valence-electron chi connectivity index (χ0n) is 3.14. The highest BCUT2D eigenvalue weighted by atomic mass is 16.3. The predicted octanol–water partition coefficient (Wildman–Crippen LogP) is -1.19. The number of rotatable bonds is 1. The molecule has 0 aromatic carbocycles. The Morgan fingerprint density at radius 1 is 2.00 bits per heavy atom. The zero-order chi connectivity index (χ0) is 4.99. The molecule has 0 rings (SSSR count). The van der Waals surface area contributed by atoms with Crippen molar-refractivity contribution < 1.29 is 9.90 Å². The summed E-state index contributed by atoms with van der Waals surface area (Å²) < 4.78 is 0. The van der Waals surface area contributed by atoms with Crippen LogP contribution in [0.25, 0.3) is 0 Å². The first-order valence-corrected chi connectivity index (χ1v) is 1.41. The number of carbonyl (C=O) groups is 1. The second kappa shape index (κ2) is 2.72. The van der Waals surface area contributed by atoms with Crippen LogP contribution in [0.5, 0.6) is 0 Å². The van der Waals surface area contributed by atoms with E-state index in [4.69, 9.17) is 5.11 Å². The molecule has 0 saturated heterocycles. The van der Waals surface area contributed by atoms with Gasteiger partial charge in [-0.25, -0.2) is 0 Å². The molecule has 1 amide bonds. The van der Waals surface area contributed by atoms with Gasteiger partial charge in [0.05, 0.1) is 0 Å². The molecule has 0 spiro atoms. The topological polar surface area (TPSA) is 49.3 Å². The quantitative estimate of drug-likeness (QED) is 0.310. The Kier molecular flexibility index (Phi) is 2.49. The number of hydrogen-bond acceptors (Lipinski definition) is 2. The SMILES string of the molecule is [B]C(=O)NCO. The van der Waals surface area contributed by atoms with Crippen molar-refractivity contribution >= 4 is 13.7 Å². The van der Waals surface area contributed by atoms with Gasteiger partial charge in [-0.05, 0) is 0 Å². The maximum absolute atomic E-state index is 9.55. The van der Waals surface area contributed by atoms with E-state index in [0.29, 0.717) is 0 Å². The molecule has 6 heavy (non-hydrogen) atoms. The maximum Gasteiger partial charge on any atom is 0.200 e. The largest absolute Gasteiger partial charge is 0.377 e. The number of aliphatic hydroxyl groups excluding tert-OH is 1. The summed E-state index contributed by atoms with van der Waals surface area (Å²) in [6.45, 7) is -0.394. The van der Waals surface area contributed by atoms with E-state index in [1.807, 2.05) is 5.32 Å². The lowest BCUT2D eigenvalue weighted by Gasteiger charge is -1.89. The molecule has 2 radical (unpaired) electrons. The van der Waals surface area contributed by atoms with Crippen LogP contribution >= 0.6 is 0 Å². The maximum atomic E-state index is 9.55. The van der Waals surface area contributed by atoms with Crippen LogP contribution in [0.3, 0.4) is 0 Å². The molecule has 0 aromatic rings. The predicted molar refractivity (Wildman–Crippen MR) is 21.4 cm³/mol. The van der Waals surface area contributed by atoms with Gasteiger partial charge in [0, 0.05) is 0 Å². The lowest BCUT2D eigenvalue weighted by atomic mass is 10.1. The van der Waals surface area contributed by atoms with Crippen molar-refractivity contribution in [3.63, 3.8) is 0 Å². The molecule has 0 aliphatic heterocycles. The highest BCUT2D eigenvalue weighted by molar-refractivity contribution is 6.57. The summed E-state index contributed by atoms with van der Waals surface area (Å²) in [7, 11) is 4.49. The Morgan fingerprint density at radius 2 is 2.50 bits per heavy atom. The van der Waals surface area contributed by atoms with Crippen molar-refractivity contribution in [1.29, 1.82) is 0 Å². The molecule has 0 unspecified atom stereocenters. The molecule has 3 nitrogen and oxygen atoms in total. The van der Waals surface area contributed by atoms with E-state index in [1.54, 1.807) is 0 Å². The first kappa shape index (κ1) is 5.49. The number of amides is 1. The van der Waals surface area contributed by atoms with Gasteiger partial charge in [0.1, 0.15) is 6.73 Å². The van der Waals surface area contributed by atoms with Crippen LogP contribution in [0.2, 0.25) is 0 Å². The summed E-state index contributed by atoms with van der Waals surface area (Å²) in [5, 5.41) is 9.73. The average Bonchev–Trinajstić information content (AvgIpc) is 1.35. The van der Waals surface area contributed by atoms with E-state index in [0.717, 1.165) is 0 Å². The van der Waals surface area contributed by atoms with Gasteiger partial charge >= 0.3 is 0 Å². The van der Waals surface area contributed by atoms with E-state index < -0.39 is 12.5 Å². The zero-order valence-corrected chi connectivity index (χ0v) is 3.14. The minimum atomic E-state index is -0.711. The minimum Gasteiger partial charge on any atom is -0.377 e. The van der Waals surface area contributed by atoms with Gasteiger partial charge in [-0.15, -0.1) is 0 Å². The van der Waals surface area contributed by atoms with E-state index in [-0.39, 0.29) is 0 Å². The van der Waals surface area contributed by atoms with Crippen LogP contribution in [0, 0.1) is 0 Å².